The largest absolute Gasteiger partial charge is 0.274 e. The van der Waals surface area contributed by atoms with Gasteiger partial charge in [0.25, 0.3) is 0 Å². The minimum absolute atomic E-state index is 0.0701. The first-order chi connectivity index (χ1) is 12.7. The molecule has 2 fully saturated rings. The van der Waals surface area contributed by atoms with Crippen molar-refractivity contribution in [1.82, 2.24) is 10.3 Å². The number of carbonyl (C=O) groups excluding carboxylic acids is 2. The third-order valence-electron chi connectivity index (χ3n) is 6.34. The Morgan fingerprint density at radius 1 is 1.30 bits per heavy atom. The topological polar surface area (TPSA) is 61.8 Å². The van der Waals surface area contributed by atoms with Crippen molar-refractivity contribution in [3.8, 4) is 0 Å². The number of likely N-dealkylation sites (tertiary alicyclic amines) is 1. The summed E-state index contributed by atoms with van der Waals surface area (Å²) in [5.74, 6) is -0.0172. The Kier molecular flexibility index (Phi) is 5.45. The zero-order valence-electron chi connectivity index (χ0n) is 16.1. The van der Waals surface area contributed by atoms with Crippen molar-refractivity contribution >= 4 is 45.8 Å². The lowest BCUT2D eigenvalue weighted by atomic mass is 9.62. The molecule has 7 heteroatoms. The van der Waals surface area contributed by atoms with Crippen LogP contribution >= 0.6 is 24.0 Å². The number of hydrogen-bond acceptors (Lipinski definition) is 5. The summed E-state index contributed by atoms with van der Waals surface area (Å²) >= 11 is 6.57. The molecular weight excluding hydrogens is 378 g/mol. The molecule has 144 valence electrons. The molecule has 1 aliphatic carbocycles. The van der Waals surface area contributed by atoms with Gasteiger partial charge in [-0.3, -0.25) is 19.9 Å². The predicted octanol–water partition coefficient (Wildman–Crippen LogP) is 3.79. The predicted molar refractivity (Wildman–Crippen MR) is 113 cm³/mol. The summed E-state index contributed by atoms with van der Waals surface area (Å²) in [6.07, 6.45) is 1.54. The van der Waals surface area contributed by atoms with Crippen LogP contribution in [0.3, 0.4) is 0 Å². The van der Waals surface area contributed by atoms with E-state index in [1.807, 2.05) is 58.0 Å². The van der Waals surface area contributed by atoms with E-state index in [1.54, 1.807) is 0 Å². The number of nitrogens with zero attached hydrogens (tertiary/aromatic N) is 2. The van der Waals surface area contributed by atoms with E-state index in [4.69, 9.17) is 12.2 Å². The Bertz CT molecular complexity index is 807. The average molecular weight is 404 g/mol. The number of nitrogens with one attached hydrogen (secondary N) is 1. The second-order valence-corrected chi connectivity index (χ2v) is 9.57. The van der Waals surface area contributed by atoms with Gasteiger partial charge in [-0.25, -0.2) is 0 Å². The fourth-order valence-electron chi connectivity index (χ4n) is 4.05. The molecule has 1 N–H and O–H groups in total. The molecule has 1 aromatic rings. The van der Waals surface area contributed by atoms with E-state index in [1.165, 1.54) is 16.7 Å². The second-order valence-electron chi connectivity index (χ2n) is 7.95. The van der Waals surface area contributed by atoms with Crippen LogP contribution in [0.25, 0.3) is 0 Å². The van der Waals surface area contributed by atoms with Gasteiger partial charge in [0.2, 0.25) is 11.8 Å². The van der Waals surface area contributed by atoms with Gasteiger partial charge in [0.05, 0.1) is 17.0 Å². The number of carbonyl (C=O) groups is 2. The van der Waals surface area contributed by atoms with Crippen molar-refractivity contribution < 1.29 is 9.59 Å². The number of thioether (sulfide) groups is 1. The molecule has 0 aromatic heterocycles. The number of benzene rings is 1. The highest BCUT2D eigenvalue weighted by Crippen LogP contribution is 2.60. The molecule has 2 atom stereocenters. The fraction of sp³-hybridized carbons (Fsp3) is 0.500. The first kappa shape index (κ1) is 20.0. The molecule has 2 amide bonds. The molecule has 1 aliphatic heterocycles. The van der Waals surface area contributed by atoms with Gasteiger partial charge in [-0.05, 0) is 30.7 Å². The van der Waals surface area contributed by atoms with E-state index in [9.17, 15) is 9.59 Å². The van der Waals surface area contributed by atoms with Gasteiger partial charge in [0.1, 0.15) is 0 Å². The van der Waals surface area contributed by atoms with Crippen molar-refractivity contribution in [2.45, 2.75) is 40.5 Å². The number of rotatable bonds is 4. The molecule has 1 saturated carbocycles. The molecule has 2 unspecified atom stereocenters. The summed E-state index contributed by atoms with van der Waals surface area (Å²) in [6.45, 7) is 7.97. The highest BCUT2D eigenvalue weighted by molar-refractivity contribution is 8.22. The number of hydrazone groups is 1. The van der Waals surface area contributed by atoms with Gasteiger partial charge >= 0.3 is 0 Å². The number of hydrogen-bond donors (Lipinski definition) is 1. The van der Waals surface area contributed by atoms with Crippen molar-refractivity contribution in [3.63, 3.8) is 0 Å². The molecule has 5 nitrogen and oxygen atoms in total. The number of imide groups is 1. The molecule has 27 heavy (non-hydrogen) atoms. The van der Waals surface area contributed by atoms with Crippen LogP contribution in [0.1, 0.15) is 46.1 Å². The van der Waals surface area contributed by atoms with Crippen LogP contribution in [0.4, 0.5) is 0 Å². The van der Waals surface area contributed by atoms with E-state index < -0.39 is 5.41 Å². The van der Waals surface area contributed by atoms with Crippen molar-refractivity contribution in [3.05, 3.63) is 35.9 Å². The molecule has 3 rings (SSSR count). The van der Waals surface area contributed by atoms with Crippen LogP contribution in [0.5, 0.6) is 0 Å². The Hall–Kier alpha value is -1.73. The van der Waals surface area contributed by atoms with Gasteiger partial charge in [0, 0.05) is 5.92 Å². The summed E-state index contributed by atoms with van der Waals surface area (Å²) in [5.41, 5.74) is 3.89. The first-order valence-electron chi connectivity index (χ1n) is 9.07. The Labute approximate surface area is 170 Å². The van der Waals surface area contributed by atoms with E-state index >= 15 is 0 Å². The highest BCUT2D eigenvalue weighted by Gasteiger charge is 2.64. The Morgan fingerprint density at radius 3 is 2.63 bits per heavy atom. The van der Waals surface area contributed by atoms with Crippen LogP contribution in [0.15, 0.2) is 35.4 Å². The van der Waals surface area contributed by atoms with E-state index in [0.717, 1.165) is 24.1 Å². The maximum absolute atomic E-state index is 13.0. The number of fused-ring (bicyclic) bond motifs is 2. The number of amides is 2. The normalized spacial score (nSPS) is 27.0. The summed E-state index contributed by atoms with van der Waals surface area (Å²) in [4.78, 5) is 27.2. The maximum atomic E-state index is 13.0. The van der Waals surface area contributed by atoms with E-state index in [0.29, 0.717) is 4.32 Å². The van der Waals surface area contributed by atoms with Crippen LogP contribution in [0.2, 0.25) is 0 Å². The standard InChI is InChI=1S/C20H25N3O2S2/c1-13(14-8-6-5-7-9-14)21-22-18(26)27-12-23-16(24)15-10-11-20(4,17(23)25)19(15,2)3/h5-9,15H,10-12H2,1-4H3,(H,22,26). The summed E-state index contributed by atoms with van der Waals surface area (Å²) in [6, 6.07) is 9.79. The van der Waals surface area contributed by atoms with Crippen LogP contribution in [0, 0.1) is 16.7 Å². The van der Waals surface area contributed by atoms with Crippen LogP contribution < -0.4 is 5.43 Å². The minimum Gasteiger partial charge on any atom is -0.274 e. The third kappa shape index (κ3) is 3.43. The molecule has 1 saturated heterocycles. The monoisotopic (exact) mass is 403 g/mol. The van der Waals surface area contributed by atoms with Crippen LogP contribution in [-0.2, 0) is 9.59 Å². The fourth-order valence-corrected chi connectivity index (χ4v) is 4.86. The summed E-state index contributed by atoms with van der Waals surface area (Å²) in [5, 5.41) is 4.29. The van der Waals surface area contributed by atoms with Gasteiger partial charge in [-0.15, -0.1) is 0 Å². The Balaban J connectivity index is 1.61. The minimum atomic E-state index is -0.483. The number of thiocarbonyl (C=S) groups is 1. The van der Waals surface area contributed by atoms with Gasteiger partial charge in [-0.1, -0.05) is 75.1 Å². The van der Waals surface area contributed by atoms with Crippen LogP contribution in [-0.4, -0.2) is 32.6 Å². The zero-order valence-corrected chi connectivity index (χ0v) is 17.7. The van der Waals surface area contributed by atoms with Gasteiger partial charge < -0.3 is 0 Å². The zero-order chi connectivity index (χ0) is 19.8. The van der Waals surface area contributed by atoms with E-state index in [-0.39, 0.29) is 29.0 Å². The average Bonchev–Trinajstić information content (AvgIpc) is 2.84. The van der Waals surface area contributed by atoms with Crippen molar-refractivity contribution in [1.29, 1.82) is 0 Å². The summed E-state index contributed by atoms with van der Waals surface area (Å²) in [7, 11) is 0. The molecule has 0 radical (unpaired) electrons. The molecule has 1 aromatic carbocycles. The maximum Gasteiger partial charge on any atom is 0.236 e. The Morgan fingerprint density at radius 2 is 1.96 bits per heavy atom. The van der Waals surface area contributed by atoms with E-state index in [2.05, 4.69) is 10.5 Å². The lowest BCUT2D eigenvalue weighted by molar-refractivity contribution is -0.166. The third-order valence-corrected chi connectivity index (χ3v) is 7.52. The molecular formula is C20H25N3O2S2. The SMILES string of the molecule is CC(=NNC(=S)SCN1C(=O)C2CCC(C)(C1=O)C2(C)C)c1ccccc1. The summed E-state index contributed by atoms with van der Waals surface area (Å²) < 4.78 is 0.438. The van der Waals surface area contributed by atoms with Gasteiger partial charge in [-0.2, -0.15) is 5.10 Å². The van der Waals surface area contributed by atoms with Crippen molar-refractivity contribution in [2.24, 2.45) is 21.8 Å². The second kappa shape index (κ2) is 7.36. The smallest absolute Gasteiger partial charge is 0.236 e. The molecule has 1 heterocycles. The molecule has 0 spiro atoms. The molecule has 2 aliphatic rings. The highest BCUT2D eigenvalue weighted by atomic mass is 32.2. The van der Waals surface area contributed by atoms with Gasteiger partial charge in [0.15, 0.2) is 4.32 Å². The quantitative estimate of drug-likeness (QED) is 0.359. The van der Waals surface area contributed by atoms with Crippen molar-refractivity contribution in [2.75, 3.05) is 5.88 Å². The number of piperidine rings is 1. The lowest BCUT2D eigenvalue weighted by Gasteiger charge is -2.47. The lowest BCUT2D eigenvalue weighted by Crippen LogP contribution is -2.58. The molecule has 2 bridgehead atoms. The first-order valence-corrected chi connectivity index (χ1v) is 10.5.